The molecule has 1 aromatic rings. The van der Waals surface area contributed by atoms with Crippen molar-refractivity contribution in [2.24, 2.45) is 5.14 Å². The van der Waals surface area contributed by atoms with Crippen molar-refractivity contribution >= 4 is 16.7 Å². The second-order valence-electron chi connectivity index (χ2n) is 2.34. The van der Waals surface area contributed by atoms with Gasteiger partial charge in [0.1, 0.15) is 11.0 Å². The Morgan fingerprint density at radius 2 is 2.09 bits per heavy atom. The largest absolute Gasteiger partial charge is 0.398 e. The maximum atomic E-state index is 10.8. The zero-order chi connectivity index (χ0) is 8.43. The summed E-state index contributed by atoms with van der Waals surface area (Å²) in [5.74, 6) is 0. The van der Waals surface area contributed by atoms with Gasteiger partial charge in [-0.1, -0.05) is 6.07 Å². The Labute approximate surface area is 68.0 Å². The molecule has 0 aliphatic rings. The zero-order valence-electron chi connectivity index (χ0n) is 6.20. The summed E-state index contributed by atoms with van der Waals surface area (Å²) in [5.41, 5.74) is 7.01. The molecule has 0 saturated carbocycles. The van der Waals surface area contributed by atoms with Crippen LogP contribution in [0.2, 0.25) is 0 Å². The fourth-order valence-corrected chi connectivity index (χ4v) is 1.42. The Hall–Kier alpha value is -0.870. The average Bonchev–Trinajstić information content (AvgIpc) is 1.94. The molecule has 0 fully saturated rings. The molecule has 0 bridgehead atoms. The Balaban J connectivity index is 3.23. The molecular formula is C7H10N2OS. The fraction of sp³-hybridized carbons (Fsp3) is 0.143. The third kappa shape index (κ3) is 1.78. The summed E-state index contributed by atoms with van der Waals surface area (Å²) < 4.78 is 10.8. The third-order valence-corrected chi connectivity index (χ3v) is 2.17. The fourth-order valence-electron chi connectivity index (χ4n) is 0.816. The van der Waals surface area contributed by atoms with Gasteiger partial charge in [0, 0.05) is 5.69 Å². The smallest absolute Gasteiger partial charge is 0.124 e. The molecule has 3 nitrogen and oxygen atoms in total. The van der Waals surface area contributed by atoms with Crippen LogP contribution in [0.25, 0.3) is 0 Å². The number of hydrogen-bond donors (Lipinski definition) is 2. The van der Waals surface area contributed by atoms with Crippen LogP contribution in [0.5, 0.6) is 0 Å². The predicted molar refractivity (Wildman–Crippen MR) is 46.2 cm³/mol. The monoisotopic (exact) mass is 170 g/mol. The molecule has 0 aliphatic heterocycles. The lowest BCUT2D eigenvalue weighted by atomic mass is 10.2. The van der Waals surface area contributed by atoms with E-state index in [9.17, 15) is 4.21 Å². The third-order valence-electron chi connectivity index (χ3n) is 1.39. The molecule has 0 saturated heterocycles. The molecule has 1 unspecified atom stereocenters. The van der Waals surface area contributed by atoms with E-state index in [2.05, 4.69) is 0 Å². The van der Waals surface area contributed by atoms with Crippen LogP contribution in [0.3, 0.4) is 0 Å². The number of nitrogens with two attached hydrogens (primary N) is 2. The Kier molecular flexibility index (Phi) is 2.26. The van der Waals surface area contributed by atoms with Crippen molar-refractivity contribution in [2.45, 2.75) is 11.8 Å². The van der Waals surface area contributed by atoms with E-state index in [1.807, 2.05) is 13.0 Å². The van der Waals surface area contributed by atoms with E-state index in [0.717, 1.165) is 5.56 Å². The number of rotatable bonds is 1. The highest BCUT2D eigenvalue weighted by molar-refractivity contribution is 7.82. The van der Waals surface area contributed by atoms with Gasteiger partial charge < -0.3 is 5.73 Å². The van der Waals surface area contributed by atoms with Crippen LogP contribution in [0, 0.1) is 6.92 Å². The number of anilines is 1. The van der Waals surface area contributed by atoms with E-state index in [4.69, 9.17) is 10.9 Å². The first kappa shape index (κ1) is 8.23. The van der Waals surface area contributed by atoms with Crippen molar-refractivity contribution < 1.29 is 4.21 Å². The average molecular weight is 170 g/mol. The van der Waals surface area contributed by atoms with Crippen molar-refractivity contribution in [3.8, 4) is 0 Å². The summed E-state index contributed by atoms with van der Waals surface area (Å²) in [7, 11) is -1.48. The number of nitrogen functional groups attached to an aromatic ring is 1. The van der Waals surface area contributed by atoms with Gasteiger partial charge in [-0.2, -0.15) is 0 Å². The molecule has 60 valence electrons. The first-order valence-corrected chi connectivity index (χ1v) is 4.35. The summed E-state index contributed by atoms with van der Waals surface area (Å²) in [6.45, 7) is 1.90. The minimum Gasteiger partial charge on any atom is -0.398 e. The lowest BCUT2D eigenvalue weighted by Gasteiger charge is -2.01. The summed E-state index contributed by atoms with van der Waals surface area (Å²) in [5, 5.41) is 5.18. The Bertz CT molecular complexity index is 298. The van der Waals surface area contributed by atoms with Gasteiger partial charge in [-0.15, -0.1) is 0 Å². The van der Waals surface area contributed by atoms with Crippen LogP contribution >= 0.6 is 0 Å². The Morgan fingerprint density at radius 3 is 2.55 bits per heavy atom. The van der Waals surface area contributed by atoms with Gasteiger partial charge in [0.15, 0.2) is 0 Å². The molecule has 1 atom stereocenters. The van der Waals surface area contributed by atoms with E-state index in [-0.39, 0.29) is 0 Å². The molecule has 11 heavy (non-hydrogen) atoms. The number of benzene rings is 1. The van der Waals surface area contributed by atoms with E-state index in [1.54, 1.807) is 12.1 Å². The maximum Gasteiger partial charge on any atom is 0.124 e. The molecule has 1 aromatic carbocycles. The molecule has 4 N–H and O–H groups in total. The summed E-state index contributed by atoms with van der Waals surface area (Å²) in [6, 6.07) is 5.28. The lowest BCUT2D eigenvalue weighted by molar-refractivity contribution is 0.684. The van der Waals surface area contributed by atoms with Crippen LogP contribution in [-0.4, -0.2) is 4.21 Å². The van der Waals surface area contributed by atoms with E-state index in [0.29, 0.717) is 10.6 Å². The van der Waals surface area contributed by atoms with Crippen LogP contribution in [-0.2, 0) is 11.0 Å². The zero-order valence-corrected chi connectivity index (χ0v) is 7.02. The number of hydrogen-bond acceptors (Lipinski definition) is 2. The van der Waals surface area contributed by atoms with E-state index >= 15 is 0 Å². The molecule has 0 spiro atoms. The summed E-state index contributed by atoms with van der Waals surface area (Å²) >= 11 is 0. The predicted octanol–water partition coefficient (Wildman–Crippen LogP) is 0.559. The highest BCUT2D eigenvalue weighted by atomic mass is 32.2. The summed E-state index contributed by atoms with van der Waals surface area (Å²) in [6.07, 6.45) is 0. The first-order valence-electron chi connectivity index (χ1n) is 3.13. The van der Waals surface area contributed by atoms with Crippen LogP contribution in [0.15, 0.2) is 23.1 Å². The molecular weight excluding hydrogens is 160 g/mol. The quantitative estimate of drug-likeness (QED) is 0.604. The van der Waals surface area contributed by atoms with Gasteiger partial charge in [0.2, 0.25) is 0 Å². The molecule has 0 amide bonds. The van der Waals surface area contributed by atoms with Gasteiger partial charge in [0.25, 0.3) is 0 Å². The van der Waals surface area contributed by atoms with Gasteiger partial charge in [-0.05, 0) is 24.6 Å². The highest BCUT2D eigenvalue weighted by Gasteiger charge is 2.02. The standard InChI is InChI=1S/C7H10N2OS/c1-5-2-3-6(8)7(4-5)11(9)10/h2-4H,8-9H2,1H3. The minimum absolute atomic E-state index is 0.483. The van der Waals surface area contributed by atoms with Gasteiger partial charge >= 0.3 is 0 Å². The van der Waals surface area contributed by atoms with Crippen LogP contribution in [0.1, 0.15) is 5.56 Å². The van der Waals surface area contributed by atoms with Crippen molar-refractivity contribution in [1.29, 1.82) is 0 Å². The van der Waals surface area contributed by atoms with Crippen LogP contribution < -0.4 is 10.9 Å². The molecule has 0 aromatic heterocycles. The van der Waals surface area contributed by atoms with Crippen molar-refractivity contribution in [3.05, 3.63) is 23.8 Å². The first-order chi connectivity index (χ1) is 5.11. The highest BCUT2D eigenvalue weighted by Crippen LogP contribution is 2.15. The van der Waals surface area contributed by atoms with Crippen molar-refractivity contribution in [3.63, 3.8) is 0 Å². The maximum absolute atomic E-state index is 10.8. The minimum atomic E-state index is -1.48. The van der Waals surface area contributed by atoms with Crippen molar-refractivity contribution in [1.82, 2.24) is 0 Å². The summed E-state index contributed by atoms with van der Waals surface area (Å²) in [4.78, 5) is 0.505. The number of aryl methyl sites for hydroxylation is 1. The molecule has 0 heterocycles. The second kappa shape index (κ2) is 3.02. The van der Waals surface area contributed by atoms with Gasteiger partial charge in [-0.3, -0.25) is 0 Å². The molecule has 0 aliphatic carbocycles. The molecule has 0 radical (unpaired) electrons. The van der Waals surface area contributed by atoms with E-state index < -0.39 is 11.0 Å². The Morgan fingerprint density at radius 1 is 1.45 bits per heavy atom. The van der Waals surface area contributed by atoms with Crippen molar-refractivity contribution in [2.75, 3.05) is 5.73 Å². The molecule has 1 rings (SSSR count). The van der Waals surface area contributed by atoms with Crippen LogP contribution in [0.4, 0.5) is 5.69 Å². The SMILES string of the molecule is Cc1ccc(N)c(S(N)=O)c1. The lowest BCUT2D eigenvalue weighted by Crippen LogP contribution is -2.06. The topological polar surface area (TPSA) is 69.1 Å². The van der Waals surface area contributed by atoms with E-state index in [1.165, 1.54) is 0 Å². The molecule has 4 heteroatoms. The second-order valence-corrected chi connectivity index (χ2v) is 3.37. The van der Waals surface area contributed by atoms with Gasteiger partial charge in [-0.25, -0.2) is 9.35 Å². The van der Waals surface area contributed by atoms with Gasteiger partial charge in [0.05, 0.1) is 4.90 Å². The normalized spacial score (nSPS) is 12.9.